The Kier molecular flexibility index (Phi) is 7.12. The third-order valence-corrected chi connectivity index (χ3v) is 5.78. The standard InChI is InChI=1S/C21H30N4O3/c1-27-19-12-16(14-22)18(13-20(19)28-2)23-21(26)15-24-8-10-25(11-9-24)17-6-4-3-5-7-17/h12-13,17H,3-11,15H2,1-2H3,(H,23,26). The van der Waals surface area contributed by atoms with E-state index in [2.05, 4.69) is 21.2 Å². The summed E-state index contributed by atoms with van der Waals surface area (Å²) in [6.07, 6.45) is 6.70. The molecule has 2 aliphatic rings. The van der Waals surface area contributed by atoms with Gasteiger partial charge in [0.25, 0.3) is 0 Å². The zero-order valence-electron chi connectivity index (χ0n) is 16.9. The van der Waals surface area contributed by atoms with Gasteiger partial charge in [0, 0.05) is 44.4 Å². The van der Waals surface area contributed by atoms with Crippen LogP contribution in [0.15, 0.2) is 12.1 Å². The van der Waals surface area contributed by atoms with Crippen LogP contribution in [-0.4, -0.2) is 68.7 Å². The number of nitrogens with one attached hydrogen (secondary N) is 1. The van der Waals surface area contributed by atoms with E-state index < -0.39 is 0 Å². The molecule has 0 radical (unpaired) electrons. The van der Waals surface area contributed by atoms with Gasteiger partial charge in [0.1, 0.15) is 6.07 Å². The zero-order chi connectivity index (χ0) is 19.9. The van der Waals surface area contributed by atoms with Crippen molar-refractivity contribution < 1.29 is 14.3 Å². The molecule has 1 amide bonds. The first-order valence-electron chi connectivity index (χ1n) is 10.1. The number of carbonyl (C=O) groups excluding carboxylic acids is 1. The molecule has 0 atom stereocenters. The average molecular weight is 386 g/mol. The Balaban J connectivity index is 1.54. The number of nitriles is 1. The summed E-state index contributed by atoms with van der Waals surface area (Å²) in [5, 5.41) is 12.2. The smallest absolute Gasteiger partial charge is 0.238 e. The fourth-order valence-electron chi connectivity index (χ4n) is 4.20. The Bertz CT molecular complexity index is 717. The third-order valence-electron chi connectivity index (χ3n) is 5.78. The monoisotopic (exact) mass is 386 g/mol. The maximum absolute atomic E-state index is 12.5. The average Bonchev–Trinajstić information content (AvgIpc) is 2.74. The molecule has 28 heavy (non-hydrogen) atoms. The predicted molar refractivity (Wildman–Crippen MR) is 108 cm³/mol. The van der Waals surface area contributed by atoms with Crippen LogP contribution in [0.5, 0.6) is 11.5 Å². The topological polar surface area (TPSA) is 77.8 Å². The Labute approximate surface area is 167 Å². The summed E-state index contributed by atoms with van der Waals surface area (Å²) >= 11 is 0. The number of ether oxygens (including phenoxy) is 2. The van der Waals surface area contributed by atoms with Crippen LogP contribution in [0.3, 0.4) is 0 Å². The van der Waals surface area contributed by atoms with Gasteiger partial charge in [-0.3, -0.25) is 14.6 Å². The van der Waals surface area contributed by atoms with Gasteiger partial charge >= 0.3 is 0 Å². The molecule has 0 spiro atoms. The lowest BCUT2D eigenvalue weighted by Gasteiger charge is -2.40. The predicted octanol–water partition coefficient (Wildman–Crippen LogP) is 2.46. The Morgan fingerprint density at radius 1 is 1.11 bits per heavy atom. The summed E-state index contributed by atoms with van der Waals surface area (Å²) in [5.41, 5.74) is 0.805. The van der Waals surface area contributed by atoms with Gasteiger partial charge in [0.2, 0.25) is 5.91 Å². The van der Waals surface area contributed by atoms with E-state index in [1.165, 1.54) is 46.3 Å². The second-order valence-corrected chi connectivity index (χ2v) is 7.52. The fraction of sp³-hybridized carbons (Fsp3) is 0.619. The molecule has 0 aromatic heterocycles. The first kappa shape index (κ1) is 20.4. The summed E-state index contributed by atoms with van der Waals surface area (Å²) in [4.78, 5) is 17.3. The summed E-state index contributed by atoms with van der Waals surface area (Å²) in [6, 6.07) is 6.05. The molecular weight excluding hydrogens is 356 g/mol. The highest BCUT2D eigenvalue weighted by Crippen LogP contribution is 2.33. The Hall–Kier alpha value is -2.30. The van der Waals surface area contributed by atoms with Gasteiger partial charge in [-0.05, 0) is 12.8 Å². The van der Waals surface area contributed by atoms with Gasteiger partial charge in [-0.1, -0.05) is 19.3 Å². The van der Waals surface area contributed by atoms with Gasteiger partial charge in [-0.2, -0.15) is 5.26 Å². The second-order valence-electron chi connectivity index (χ2n) is 7.52. The molecule has 1 heterocycles. The molecule has 0 bridgehead atoms. The van der Waals surface area contributed by atoms with E-state index in [0.29, 0.717) is 29.3 Å². The highest BCUT2D eigenvalue weighted by molar-refractivity contribution is 5.94. The minimum Gasteiger partial charge on any atom is -0.493 e. The number of methoxy groups -OCH3 is 2. The zero-order valence-corrected chi connectivity index (χ0v) is 16.9. The largest absolute Gasteiger partial charge is 0.493 e. The normalized spacial score (nSPS) is 19.0. The van der Waals surface area contributed by atoms with Gasteiger partial charge < -0.3 is 14.8 Å². The molecule has 1 saturated carbocycles. The number of piperazine rings is 1. The van der Waals surface area contributed by atoms with E-state index >= 15 is 0 Å². The second kappa shape index (κ2) is 9.76. The lowest BCUT2D eigenvalue weighted by molar-refractivity contribution is -0.117. The maximum atomic E-state index is 12.5. The van der Waals surface area contributed by atoms with Gasteiger partial charge in [-0.25, -0.2) is 0 Å². The Morgan fingerprint density at radius 3 is 2.36 bits per heavy atom. The quantitative estimate of drug-likeness (QED) is 0.809. The molecule has 1 aliphatic carbocycles. The van der Waals surface area contributed by atoms with Gasteiger partial charge in [0.05, 0.1) is 32.0 Å². The van der Waals surface area contributed by atoms with Crippen LogP contribution in [0.4, 0.5) is 5.69 Å². The van der Waals surface area contributed by atoms with E-state index in [4.69, 9.17) is 9.47 Å². The van der Waals surface area contributed by atoms with Gasteiger partial charge in [0.15, 0.2) is 11.5 Å². The van der Waals surface area contributed by atoms with Crippen molar-refractivity contribution in [1.29, 1.82) is 5.26 Å². The highest BCUT2D eigenvalue weighted by atomic mass is 16.5. The number of benzene rings is 1. The van der Waals surface area contributed by atoms with Crippen molar-refractivity contribution in [2.24, 2.45) is 0 Å². The van der Waals surface area contributed by atoms with Crippen molar-refractivity contribution >= 4 is 11.6 Å². The molecule has 0 unspecified atom stereocenters. The molecule has 1 aromatic rings. The van der Waals surface area contributed by atoms with Crippen molar-refractivity contribution in [2.45, 2.75) is 38.1 Å². The van der Waals surface area contributed by atoms with Crippen LogP contribution in [0.1, 0.15) is 37.7 Å². The summed E-state index contributed by atoms with van der Waals surface area (Å²) in [7, 11) is 3.05. The van der Waals surface area contributed by atoms with Crippen LogP contribution < -0.4 is 14.8 Å². The molecule has 7 heteroatoms. The van der Waals surface area contributed by atoms with Crippen LogP contribution in [-0.2, 0) is 4.79 Å². The highest BCUT2D eigenvalue weighted by Gasteiger charge is 2.26. The van der Waals surface area contributed by atoms with E-state index in [-0.39, 0.29) is 5.91 Å². The molecule has 7 nitrogen and oxygen atoms in total. The molecule has 1 aliphatic heterocycles. The molecule has 3 rings (SSSR count). The fourth-order valence-corrected chi connectivity index (χ4v) is 4.20. The first-order chi connectivity index (χ1) is 13.6. The third kappa shape index (κ3) is 4.94. The van der Waals surface area contributed by atoms with Crippen molar-refractivity contribution in [2.75, 3.05) is 52.3 Å². The van der Waals surface area contributed by atoms with Crippen molar-refractivity contribution in [3.8, 4) is 17.6 Å². The summed E-state index contributed by atoms with van der Waals surface area (Å²) in [6.45, 7) is 4.19. The number of hydrogen-bond acceptors (Lipinski definition) is 6. The SMILES string of the molecule is COc1cc(C#N)c(NC(=O)CN2CCN(C3CCCCC3)CC2)cc1OC. The Morgan fingerprint density at radius 2 is 1.75 bits per heavy atom. The lowest BCUT2D eigenvalue weighted by Crippen LogP contribution is -2.52. The molecule has 1 aromatic carbocycles. The molecule has 1 saturated heterocycles. The van der Waals surface area contributed by atoms with E-state index in [1.807, 2.05) is 0 Å². The number of rotatable bonds is 6. The lowest BCUT2D eigenvalue weighted by atomic mass is 9.94. The molecule has 2 fully saturated rings. The van der Waals surface area contributed by atoms with Gasteiger partial charge in [-0.15, -0.1) is 0 Å². The van der Waals surface area contributed by atoms with Crippen LogP contribution >= 0.6 is 0 Å². The molecular formula is C21H30N4O3. The van der Waals surface area contributed by atoms with Crippen LogP contribution in [0.2, 0.25) is 0 Å². The summed E-state index contributed by atoms with van der Waals surface area (Å²) < 4.78 is 10.5. The van der Waals surface area contributed by atoms with Crippen molar-refractivity contribution in [3.05, 3.63) is 17.7 Å². The van der Waals surface area contributed by atoms with E-state index in [1.54, 1.807) is 12.1 Å². The number of nitrogens with zero attached hydrogens (tertiary/aromatic N) is 3. The van der Waals surface area contributed by atoms with E-state index in [0.717, 1.165) is 32.2 Å². The van der Waals surface area contributed by atoms with E-state index in [9.17, 15) is 10.1 Å². The first-order valence-corrected chi connectivity index (χ1v) is 10.1. The van der Waals surface area contributed by atoms with Crippen LogP contribution in [0.25, 0.3) is 0 Å². The number of anilines is 1. The summed E-state index contributed by atoms with van der Waals surface area (Å²) in [5.74, 6) is 0.837. The molecule has 1 N–H and O–H groups in total. The number of hydrogen-bond donors (Lipinski definition) is 1. The number of amides is 1. The van der Waals surface area contributed by atoms with Crippen LogP contribution in [0, 0.1) is 11.3 Å². The molecule has 152 valence electrons. The maximum Gasteiger partial charge on any atom is 0.238 e. The minimum absolute atomic E-state index is 0.116. The minimum atomic E-state index is -0.116. The van der Waals surface area contributed by atoms with Crippen molar-refractivity contribution in [1.82, 2.24) is 9.80 Å². The number of carbonyl (C=O) groups is 1. The van der Waals surface area contributed by atoms with Crippen molar-refractivity contribution in [3.63, 3.8) is 0 Å².